The molecule has 0 aliphatic carbocycles. The first-order valence-electron chi connectivity index (χ1n) is 8.60. The number of hydrogen-bond acceptors (Lipinski definition) is 5. The van der Waals surface area contributed by atoms with E-state index in [4.69, 9.17) is 0 Å². The van der Waals surface area contributed by atoms with Crippen molar-refractivity contribution in [2.75, 3.05) is 15.8 Å². The molecule has 152 valence electrons. The third-order valence-corrected chi connectivity index (χ3v) is 6.59. The number of carbonyl (C=O) groups is 1. The first-order valence-corrected chi connectivity index (χ1v) is 11.9. The van der Waals surface area contributed by atoms with Gasteiger partial charge < -0.3 is 0 Å². The molecule has 0 saturated heterocycles. The highest BCUT2D eigenvalue weighted by Gasteiger charge is 2.18. The Morgan fingerprint density at radius 3 is 2.62 bits per heavy atom. The lowest BCUT2D eigenvalue weighted by atomic mass is 10.1. The SMILES string of the molecule is CCCS(=O)(=O)Nc1cc(F)ccc1C(=O)Nc1nc(-c2ccc(Br)cc2)cs1. The fraction of sp³-hybridized carbons (Fsp3) is 0.158. The van der Waals surface area contributed by atoms with Crippen LogP contribution in [0.2, 0.25) is 0 Å². The number of aromatic nitrogens is 1. The van der Waals surface area contributed by atoms with Crippen molar-refractivity contribution in [2.45, 2.75) is 13.3 Å². The largest absolute Gasteiger partial charge is 0.298 e. The van der Waals surface area contributed by atoms with Crippen molar-refractivity contribution in [1.82, 2.24) is 4.98 Å². The van der Waals surface area contributed by atoms with Crippen LogP contribution < -0.4 is 10.0 Å². The van der Waals surface area contributed by atoms with Gasteiger partial charge in [-0.1, -0.05) is 35.0 Å². The molecule has 1 amide bonds. The maximum Gasteiger partial charge on any atom is 0.259 e. The van der Waals surface area contributed by atoms with Gasteiger partial charge in [0.25, 0.3) is 5.91 Å². The van der Waals surface area contributed by atoms with Gasteiger partial charge in [-0.15, -0.1) is 11.3 Å². The zero-order valence-corrected chi connectivity index (χ0v) is 18.5. The summed E-state index contributed by atoms with van der Waals surface area (Å²) < 4.78 is 41.0. The summed E-state index contributed by atoms with van der Waals surface area (Å²) in [6, 6.07) is 10.9. The van der Waals surface area contributed by atoms with Crippen LogP contribution in [0.25, 0.3) is 11.3 Å². The molecule has 3 aromatic rings. The van der Waals surface area contributed by atoms with E-state index >= 15 is 0 Å². The summed E-state index contributed by atoms with van der Waals surface area (Å²) in [6.07, 6.45) is 0.393. The first-order chi connectivity index (χ1) is 13.8. The fourth-order valence-corrected chi connectivity index (χ4v) is 4.66. The van der Waals surface area contributed by atoms with Gasteiger partial charge in [0.05, 0.1) is 22.7 Å². The Hall–Kier alpha value is -2.30. The van der Waals surface area contributed by atoms with Crippen LogP contribution in [0, 0.1) is 5.82 Å². The van der Waals surface area contributed by atoms with E-state index in [1.807, 2.05) is 24.3 Å². The Bertz CT molecular complexity index is 1130. The number of anilines is 2. The minimum Gasteiger partial charge on any atom is -0.298 e. The van der Waals surface area contributed by atoms with Crippen molar-refractivity contribution in [3.05, 3.63) is 63.7 Å². The molecule has 0 spiro atoms. The Labute approximate surface area is 180 Å². The number of nitrogens with one attached hydrogen (secondary N) is 2. The van der Waals surface area contributed by atoms with E-state index in [9.17, 15) is 17.6 Å². The van der Waals surface area contributed by atoms with Crippen molar-refractivity contribution in [2.24, 2.45) is 0 Å². The van der Waals surface area contributed by atoms with E-state index in [-0.39, 0.29) is 17.0 Å². The molecule has 0 unspecified atom stereocenters. The van der Waals surface area contributed by atoms with E-state index in [2.05, 4.69) is 31.0 Å². The second-order valence-electron chi connectivity index (χ2n) is 6.11. The van der Waals surface area contributed by atoms with Crippen LogP contribution in [0.4, 0.5) is 15.2 Å². The molecule has 0 saturated carbocycles. The second kappa shape index (κ2) is 9.02. The van der Waals surface area contributed by atoms with Crippen molar-refractivity contribution < 1.29 is 17.6 Å². The van der Waals surface area contributed by atoms with Gasteiger partial charge in [-0.25, -0.2) is 17.8 Å². The standard InChI is InChI=1S/C19H17BrFN3O3S2/c1-2-9-29(26,27)24-16-10-14(21)7-8-15(16)18(25)23-19-22-17(11-28-19)12-3-5-13(20)6-4-12/h3-8,10-11,24H,2,9H2,1H3,(H,22,23,25). The molecule has 3 rings (SSSR count). The van der Waals surface area contributed by atoms with Crippen LogP contribution in [0.1, 0.15) is 23.7 Å². The lowest BCUT2D eigenvalue weighted by molar-refractivity contribution is 0.102. The zero-order chi connectivity index (χ0) is 21.0. The van der Waals surface area contributed by atoms with Gasteiger partial charge in [0, 0.05) is 15.4 Å². The van der Waals surface area contributed by atoms with Crippen LogP contribution in [0.5, 0.6) is 0 Å². The average Bonchev–Trinajstić information content (AvgIpc) is 3.10. The molecule has 1 aromatic heterocycles. The van der Waals surface area contributed by atoms with Gasteiger partial charge in [0.15, 0.2) is 5.13 Å². The highest BCUT2D eigenvalue weighted by atomic mass is 79.9. The maximum absolute atomic E-state index is 13.6. The van der Waals surface area contributed by atoms with Crippen molar-refractivity contribution in [1.29, 1.82) is 0 Å². The number of thiazole rings is 1. The van der Waals surface area contributed by atoms with Crippen LogP contribution in [-0.4, -0.2) is 25.1 Å². The molecule has 0 fully saturated rings. The number of benzene rings is 2. The predicted molar refractivity (Wildman–Crippen MR) is 117 cm³/mol. The van der Waals surface area contributed by atoms with Crippen molar-refractivity contribution in [3.63, 3.8) is 0 Å². The van der Waals surface area contributed by atoms with Crippen molar-refractivity contribution in [3.8, 4) is 11.3 Å². The monoisotopic (exact) mass is 497 g/mol. The Balaban J connectivity index is 1.82. The number of carbonyl (C=O) groups excluding carboxylic acids is 1. The lowest BCUT2D eigenvalue weighted by Crippen LogP contribution is -2.20. The van der Waals surface area contributed by atoms with Crippen LogP contribution >= 0.6 is 27.3 Å². The summed E-state index contributed by atoms with van der Waals surface area (Å²) in [5.41, 5.74) is 1.48. The minimum atomic E-state index is -3.68. The minimum absolute atomic E-state index is 0.00599. The van der Waals surface area contributed by atoms with Gasteiger partial charge in [-0.05, 0) is 36.8 Å². The highest BCUT2D eigenvalue weighted by molar-refractivity contribution is 9.10. The van der Waals surface area contributed by atoms with Gasteiger partial charge in [-0.3, -0.25) is 14.8 Å². The second-order valence-corrected chi connectivity index (χ2v) is 9.73. The molecule has 6 nitrogen and oxygen atoms in total. The fourth-order valence-electron chi connectivity index (χ4n) is 2.54. The molecule has 0 aliphatic rings. The molecule has 2 N–H and O–H groups in total. The van der Waals surface area contributed by atoms with Crippen molar-refractivity contribution >= 4 is 54.0 Å². The molecule has 29 heavy (non-hydrogen) atoms. The summed E-state index contributed by atoms with van der Waals surface area (Å²) in [6.45, 7) is 1.71. The van der Waals surface area contributed by atoms with Gasteiger partial charge in [0.2, 0.25) is 10.0 Å². The third-order valence-electron chi connectivity index (χ3n) is 3.83. The highest BCUT2D eigenvalue weighted by Crippen LogP contribution is 2.27. The summed E-state index contributed by atoms with van der Waals surface area (Å²) in [4.78, 5) is 17.1. The predicted octanol–water partition coefficient (Wildman–Crippen LogP) is 5.12. The van der Waals surface area contributed by atoms with E-state index < -0.39 is 21.7 Å². The number of sulfonamides is 1. The first kappa shape index (κ1) is 21.4. The number of rotatable bonds is 7. The molecule has 1 heterocycles. The van der Waals surface area contributed by atoms with Gasteiger partial charge in [0.1, 0.15) is 5.82 Å². The maximum atomic E-state index is 13.6. The molecule has 0 radical (unpaired) electrons. The Morgan fingerprint density at radius 1 is 1.21 bits per heavy atom. The van der Waals surface area contributed by atoms with E-state index in [0.29, 0.717) is 17.2 Å². The molecule has 2 aromatic carbocycles. The van der Waals surface area contributed by atoms with Gasteiger partial charge >= 0.3 is 0 Å². The molecule has 10 heteroatoms. The average molecular weight is 498 g/mol. The summed E-state index contributed by atoms with van der Waals surface area (Å²) >= 11 is 4.61. The van der Waals surface area contributed by atoms with E-state index in [1.165, 1.54) is 17.4 Å². The Morgan fingerprint density at radius 2 is 1.93 bits per heavy atom. The lowest BCUT2D eigenvalue weighted by Gasteiger charge is -2.12. The quantitative estimate of drug-likeness (QED) is 0.474. The molecular weight excluding hydrogens is 481 g/mol. The molecule has 0 atom stereocenters. The topological polar surface area (TPSA) is 88.2 Å². The molecule has 0 aliphatic heterocycles. The van der Waals surface area contributed by atoms with E-state index in [0.717, 1.165) is 22.2 Å². The third kappa shape index (κ3) is 5.62. The smallest absolute Gasteiger partial charge is 0.259 e. The number of halogens is 2. The number of nitrogens with zero attached hydrogens (tertiary/aromatic N) is 1. The van der Waals surface area contributed by atoms with Crippen LogP contribution in [-0.2, 0) is 10.0 Å². The molecule has 0 bridgehead atoms. The number of hydrogen-bond donors (Lipinski definition) is 2. The summed E-state index contributed by atoms with van der Waals surface area (Å²) in [5.74, 6) is -1.37. The Kier molecular flexibility index (Phi) is 6.66. The van der Waals surface area contributed by atoms with E-state index in [1.54, 1.807) is 12.3 Å². The summed E-state index contributed by atoms with van der Waals surface area (Å²) in [5, 5.41) is 4.79. The van der Waals surface area contributed by atoms with Crippen LogP contribution in [0.3, 0.4) is 0 Å². The molecular formula is C19H17BrFN3O3S2. The number of amides is 1. The van der Waals surface area contributed by atoms with Crippen LogP contribution in [0.15, 0.2) is 52.3 Å². The van der Waals surface area contributed by atoms with Gasteiger partial charge in [-0.2, -0.15) is 0 Å². The zero-order valence-electron chi connectivity index (χ0n) is 15.3. The normalized spacial score (nSPS) is 11.3. The summed E-state index contributed by atoms with van der Waals surface area (Å²) in [7, 11) is -3.68.